The van der Waals surface area contributed by atoms with Crippen molar-refractivity contribution in [2.75, 3.05) is 0 Å². The lowest BCUT2D eigenvalue weighted by atomic mass is 10.1. The van der Waals surface area contributed by atoms with E-state index in [9.17, 15) is 14.9 Å². The number of hydrogen-bond donors (Lipinski definition) is 0. The van der Waals surface area contributed by atoms with Gasteiger partial charge >= 0.3 is 0 Å². The average molecular weight is 412 g/mol. The normalized spacial score (nSPS) is 15.6. The Morgan fingerprint density at radius 3 is 2.64 bits per heavy atom. The summed E-state index contributed by atoms with van der Waals surface area (Å²) in [5.74, 6) is 1.48. The van der Waals surface area contributed by atoms with Crippen molar-refractivity contribution in [2.45, 2.75) is 6.54 Å². The fourth-order valence-corrected chi connectivity index (χ4v) is 3.89. The van der Waals surface area contributed by atoms with E-state index in [4.69, 9.17) is 21.1 Å². The van der Waals surface area contributed by atoms with Crippen LogP contribution < -0.4 is 0 Å². The molecule has 1 saturated heterocycles. The Morgan fingerprint density at radius 2 is 1.96 bits per heavy atom. The fraction of sp³-hybridized carbons (Fsp3) is 0.0526. The molecular formula is C19H12N2O5S2. The van der Waals surface area contributed by atoms with Crippen molar-refractivity contribution in [1.29, 1.82) is 0 Å². The van der Waals surface area contributed by atoms with Gasteiger partial charge in [-0.15, -0.1) is 0 Å². The predicted octanol–water partition coefficient (Wildman–Crippen LogP) is 4.85. The molecular weight excluding hydrogens is 400 g/mol. The van der Waals surface area contributed by atoms with Crippen LogP contribution in [0.1, 0.15) is 11.5 Å². The molecule has 1 fully saturated rings. The maximum atomic E-state index is 12.6. The van der Waals surface area contributed by atoms with Crippen molar-refractivity contribution in [1.82, 2.24) is 4.90 Å². The number of nitro groups is 1. The van der Waals surface area contributed by atoms with E-state index in [1.54, 1.807) is 48.7 Å². The molecule has 3 heterocycles. The molecule has 1 aromatic carbocycles. The smallest absolute Gasteiger partial charge is 0.269 e. The molecule has 1 aliphatic rings. The summed E-state index contributed by atoms with van der Waals surface area (Å²) in [6.45, 7) is 0.279. The molecule has 4 rings (SSSR count). The fourth-order valence-electron chi connectivity index (χ4n) is 2.66. The second-order valence-electron chi connectivity index (χ2n) is 5.85. The maximum Gasteiger partial charge on any atom is 0.269 e. The van der Waals surface area contributed by atoms with E-state index in [1.807, 2.05) is 0 Å². The zero-order valence-corrected chi connectivity index (χ0v) is 15.9. The predicted molar refractivity (Wildman–Crippen MR) is 108 cm³/mol. The molecule has 3 aromatic rings. The lowest BCUT2D eigenvalue weighted by molar-refractivity contribution is -0.384. The zero-order valence-electron chi connectivity index (χ0n) is 14.2. The first-order valence-corrected chi connectivity index (χ1v) is 9.36. The number of amides is 1. The molecule has 0 unspecified atom stereocenters. The van der Waals surface area contributed by atoms with Crippen LogP contribution in [0.4, 0.5) is 5.69 Å². The molecule has 2 aromatic heterocycles. The zero-order chi connectivity index (χ0) is 19.7. The van der Waals surface area contributed by atoms with Gasteiger partial charge in [-0.25, -0.2) is 0 Å². The third-order valence-corrected chi connectivity index (χ3v) is 5.41. The first kappa shape index (κ1) is 18.2. The summed E-state index contributed by atoms with van der Waals surface area (Å²) in [5, 5.41) is 10.7. The summed E-state index contributed by atoms with van der Waals surface area (Å²) in [6, 6.07) is 13.1. The van der Waals surface area contributed by atoms with Crippen molar-refractivity contribution in [3.8, 4) is 11.3 Å². The molecule has 140 valence electrons. The number of furan rings is 2. The van der Waals surface area contributed by atoms with Crippen LogP contribution in [0.15, 0.2) is 68.5 Å². The van der Waals surface area contributed by atoms with Crippen LogP contribution in [0.2, 0.25) is 0 Å². The topological polar surface area (TPSA) is 89.7 Å². The van der Waals surface area contributed by atoms with Gasteiger partial charge in [-0.05, 0) is 36.4 Å². The minimum Gasteiger partial charge on any atom is -0.467 e. The van der Waals surface area contributed by atoms with Crippen LogP contribution in [0, 0.1) is 10.1 Å². The van der Waals surface area contributed by atoms with Gasteiger partial charge in [-0.1, -0.05) is 24.0 Å². The van der Waals surface area contributed by atoms with Crippen LogP contribution in [-0.2, 0) is 11.3 Å². The second kappa shape index (κ2) is 7.45. The van der Waals surface area contributed by atoms with Crippen LogP contribution in [0.3, 0.4) is 0 Å². The van der Waals surface area contributed by atoms with Gasteiger partial charge in [-0.2, -0.15) is 0 Å². The monoisotopic (exact) mass is 412 g/mol. The number of hydrogen-bond acceptors (Lipinski definition) is 7. The number of thiocarbonyl (C=S) groups is 1. The molecule has 7 nitrogen and oxygen atoms in total. The minimum absolute atomic E-state index is 0.00996. The largest absolute Gasteiger partial charge is 0.467 e. The van der Waals surface area contributed by atoms with Gasteiger partial charge in [-0.3, -0.25) is 19.8 Å². The highest BCUT2D eigenvalue weighted by Gasteiger charge is 2.32. The van der Waals surface area contributed by atoms with E-state index in [0.29, 0.717) is 32.1 Å². The van der Waals surface area contributed by atoms with Crippen molar-refractivity contribution in [3.63, 3.8) is 0 Å². The first-order chi connectivity index (χ1) is 13.5. The summed E-state index contributed by atoms with van der Waals surface area (Å²) < 4.78 is 11.5. The molecule has 1 aliphatic heterocycles. The van der Waals surface area contributed by atoms with E-state index in [2.05, 4.69) is 0 Å². The number of nitro benzene ring substituents is 1. The van der Waals surface area contributed by atoms with E-state index < -0.39 is 4.92 Å². The molecule has 0 aliphatic carbocycles. The molecule has 0 bridgehead atoms. The van der Waals surface area contributed by atoms with Crippen molar-refractivity contribution in [2.24, 2.45) is 0 Å². The Hall–Kier alpha value is -3.17. The van der Waals surface area contributed by atoms with Gasteiger partial charge in [0.1, 0.15) is 21.6 Å². The molecule has 0 saturated carbocycles. The Morgan fingerprint density at radius 1 is 1.18 bits per heavy atom. The summed E-state index contributed by atoms with van der Waals surface area (Å²) >= 11 is 6.50. The number of carbonyl (C=O) groups excluding carboxylic acids is 1. The highest BCUT2D eigenvalue weighted by atomic mass is 32.2. The van der Waals surface area contributed by atoms with Gasteiger partial charge in [0, 0.05) is 23.8 Å². The Balaban J connectivity index is 1.52. The molecule has 0 radical (unpaired) electrons. The highest BCUT2D eigenvalue weighted by molar-refractivity contribution is 8.26. The lowest BCUT2D eigenvalue weighted by Gasteiger charge is -2.11. The molecule has 0 spiro atoms. The maximum absolute atomic E-state index is 12.6. The first-order valence-electron chi connectivity index (χ1n) is 8.14. The summed E-state index contributed by atoms with van der Waals surface area (Å²) in [4.78, 5) is 24.9. The van der Waals surface area contributed by atoms with Crippen molar-refractivity contribution < 1.29 is 18.6 Å². The van der Waals surface area contributed by atoms with Crippen molar-refractivity contribution >= 4 is 46.0 Å². The van der Waals surface area contributed by atoms with Gasteiger partial charge in [0.2, 0.25) is 0 Å². The van der Waals surface area contributed by atoms with Gasteiger partial charge in [0.15, 0.2) is 0 Å². The van der Waals surface area contributed by atoms with Gasteiger partial charge in [0.05, 0.1) is 22.6 Å². The Bertz CT molecular complexity index is 1080. The third kappa shape index (κ3) is 3.62. The molecule has 28 heavy (non-hydrogen) atoms. The number of carbonyl (C=O) groups is 1. The summed E-state index contributed by atoms with van der Waals surface area (Å²) in [7, 11) is 0. The van der Waals surface area contributed by atoms with Crippen LogP contribution in [0.5, 0.6) is 0 Å². The number of rotatable bonds is 5. The Kier molecular flexibility index (Phi) is 4.84. The van der Waals surface area contributed by atoms with Crippen LogP contribution >= 0.6 is 24.0 Å². The second-order valence-corrected chi connectivity index (χ2v) is 7.53. The third-order valence-electron chi connectivity index (χ3n) is 4.03. The number of benzene rings is 1. The van der Waals surface area contributed by atoms with E-state index in [-0.39, 0.29) is 18.1 Å². The lowest BCUT2D eigenvalue weighted by Crippen LogP contribution is -2.27. The van der Waals surface area contributed by atoms with E-state index in [1.165, 1.54) is 28.8 Å². The number of nitrogens with zero attached hydrogens (tertiary/aromatic N) is 2. The standard InChI is InChI=1S/C19H12N2O5S2/c22-18-17(28-19(27)20(18)11-15-2-1-9-25-15)10-14-7-8-16(26-14)12-3-5-13(6-4-12)21(23)24/h1-10H,11H2/b17-10+. The Labute approximate surface area is 168 Å². The van der Waals surface area contributed by atoms with Gasteiger partial charge < -0.3 is 8.83 Å². The summed E-state index contributed by atoms with van der Waals surface area (Å²) in [5.41, 5.74) is 0.714. The SMILES string of the molecule is O=C1/C(=C\c2ccc(-c3ccc([N+](=O)[O-])cc3)o2)SC(=S)N1Cc1ccco1. The van der Waals surface area contributed by atoms with Crippen LogP contribution in [0.25, 0.3) is 17.4 Å². The minimum atomic E-state index is -0.456. The number of non-ortho nitro benzene ring substituents is 1. The quantitative estimate of drug-likeness (QED) is 0.256. The highest BCUT2D eigenvalue weighted by Crippen LogP contribution is 2.34. The molecule has 1 amide bonds. The van der Waals surface area contributed by atoms with E-state index in [0.717, 1.165) is 0 Å². The number of thioether (sulfide) groups is 1. The summed E-state index contributed by atoms with van der Waals surface area (Å²) in [6.07, 6.45) is 3.18. The van der Waals surface area contributed by atoms with E-state index >= 15 is 0 Å². The van der Waals surface area contributed by atoms with Gasteiger partial charge in [0.25, 0.3) is 11.6 Å². The van der Waals surface area contributed by atoms with Crippen LogP contribution in [-0.4, -0.2) is 20.1 Å². The molecule has 0 atom stereocenters. The average Bonchev–Trinajstić information content (AvgIpc) is 3.41. The van der Waals surface area contributed by atoms with Crippen molar-refractivity contribution in [3.05, 3.63) is 81.3 Å². The molecule has 0 N–H and O–H groups in total. The molecule has 9 heteroatoms.